The summed E-state index contributed by atoms with van der Waals surface area (Å²) in [4.78, 5) is 32.7. The molecular weight excluding hydrogens is 427 g/mol. The summed E-state index contributed by atoms with van der Waals surface area (Å²) >= 11 is 0. The van der Waals surface area contributed by atoms with Gasteiger partial charge >= 0.3 is 0 Å². The summed E-state index contributed by atoms with van der Waals surface area (Å²) in [5.41, 5.74) is 4.63. The molecule has 0 saturated carbocycles. The average molecular weight is 457 g/mol. The molecule has 9 nitrogen and oxygen atoms in total. The van der Waals surface area contributed by atoms with Crippen molar-refractivity contribution in [1.82, 2.24) is 20.3 Å². The summed E-state index contributed by atoms with van der Waals surface area (Å²) in [6.45, 7) is 5.32. The molecule has 1 aromatic carbocycles. The van der Waals surface area contributed by atoms with E-state index < -0.39 is 11.9 Å². The second kappa shape index (κ2) is 9.72. The number of nitrogens with zero attached hydrogens (tertiary/aromatic N) is 4. The molecule has 0 bridgehead atoms. The monoisotopic (exact) mass is 456 g/mol. The fourth-order valence-electron chi connectivity index (χ4n) is 3.99. The second-order valence-corrected chi connectivity index (χ2v) is 8.42. The Kier molecular flexibility index (Phi) is 6.75. The maximum Gasteiger partial charge on any atom is 0.284 e. The predicted molar refractivity (Wildman–Crippen MR) is 123 cm³/mol. The molecule has 1 fully saturated rings. The van der Waals surface area contributed by atoms with Crippen LogP contribution >= 0.6 is 0 Å². The summed E-state index contributed by atoms with van der Waals surface area (Å²) in [6.07, 6.45) is 1.65. The quantitative estimate of drug-likeness (QED) is 0.642. The number of fused-ring (bicyclic) bond motifs is 1. The van der Waals surface area contributed by atoms with E-state index in [1.54, 1.807) is 43.5 Å². The van der Waals surface area contributed by atoms with E-state index in [9.17, 15) is 9.59 Å². The number of amides is 2. The minimum absolute atomic E-state index is 0.130. The lowest BCUT2D eigenvalue weighted by atomic mass is 10.1. The van der Waals surface area contributed by atoms with Crippen molar-refractivity contribution in [1.29, 1.82) is 0 Å². The minimum Gasteiger partial charge on any atom is -0.478 e. The van der Waals surface area contributed by atoms with Crippen molar-refractivity contribution < 1.29 is 18.7 Å². The number of ether oxygens (including phenoxy) is 1. The molecule has 2 aliphatic heterocycles. The highest BCUT2D eigenvalue weighted by Gasteiger charge is 2.29. The minimum atomic E-state index is -0.582. The molecule has 2 N–H and O–H groups in total. The van der Waals surface area contributed by atoms with Crippen LogP contribution in [0.15, 0.2) is 30.5 Å². The molecule has 2 aromatic rings. The molecule has 2 aliphatic rings. The molecule has 33 heavy (non-hydrogen) atoms. The number of anilines is 2. The highest BCUT2D eigenvalue weighted by Crippen LogP contribution is 2.35. The van der Waals surface area contributed by atoms with Crippen LogP contribution in [0.3, 0.4) is 0 Å². The number of piperazine rings is 1. The first-order valence-electron chi connectivity index (χ1n) is 11.1. The molecular formula is C23H29FN6O3. The zero-order valence-electron chi connectivity index (χ0n) is 19.1. The normalized spacial score (nSPS) is 18.5. The van der Waals surface area contributed by atoms with Gasteiger partial charge in [0.15, 0.2) is 11.9 Å². The topological polar surface area (TPSA) is 90.0 Å². The third kappa shape index (κ3) is 5.07. The zero-order valence-corrected chi connectivity index (χ0v) is 19.1. The van der Waals surface area contributed by atoms with Gasteiger partial charge in [0, 0.05) is 52.4 Å². The van der Waals surface area contributed by atoms with Crippen LogP contribution in [0.2, 0.25) is 0 Å². The number of hydrazine groups is 1. The van der Waals surface area contributed by atoms with E-state index in [0.29, 0.717) is 30.0 Å². The van der Waals surface area contributed by atoms with Crippen molar-refractivity contribution in [3.05, 3.63) is 47.5 Å². The summed E-state index contributed by atoms with van der Waals surface area (Å²) in [5.74, 6) is -0.625. The predicted octanol–water partition coefficient (Wildman–Crippen LogP) is 1.86. The van der Waals surface area contributed by atoms with Gasteiger partial charge in [0.25, 0.3) is 11.8 Å². The molecule has 0 aliphatic carbocycles. The number of carbonyl (C=O) groups excluding carboxylic acids is 2. The molecule has 1 unspecified atom stereocenters. The number of pyridine rings is 1. The number of aromatic nitrogens is 1. The zero-order chi connectivity index (χ0) is 23.5. The molecule has 3 heterocycles. The van der Waals surface area contributed by atoms with Gasteiger partial charge in [-0.3, -0.25) is 19.9 Å². The number of nitrogens with one attached hydrogen (secondary N) is 2. The van der Waals surface area contributed by atoms with E-state index in [4.69, 9.17) is 4.74 Å². The Morgan fingerprint density at radius 3 is 2.64 bits per heavy atom. The van der Waals surface area contributed by atoms with Gasteiger partial charge in [-0.25, -0.2) is 14.4 Å². The van der Waals surface area contributed by atoms with E-state index in [2.05, 4.69) is 25.5 Å². The van der Waals surface area contributed by atoms with Crippen LogP contribution in [0.5, 0.6) is 5.75 Å². The van der Waals surface area contributed by atoms with Crippen LogP contribution in [0.1, 0.15) is 29.4 Å². The van der Waals surface area contributed by atoms with Crippen molar-refractivity contribution in [2.45, 2.75) is 26.0 Å². The van der Waals surface area contributed by atoms with Crippen molar-refractivity contribution in [3.63, 3.8) is 0 Å². The van der Waals surface area contributed by atoms with Crippen LogP contribution in [0, 0.1) is 5.82 Å². The Hall–Kier alpha value is -3.24. The Bertz CT molecular complexity index is 1020. The van der Waals surface area contributed by atoms with Crippen LogP contribution in [-0.4, -0.2) is 73.1 Å². The Labute approximate surface area is 192 Å². The van der Waals surface area contributed by atoms with E-state index in [1.807, 2.05) is 13.0 Å². The van der Waals surface area contributed by atoms with Crippen molar-refractivity contribution in [3.8, 4) is 5.75 Å². The lowest BCUT2D eigenvalue weighted by molar-refractivity contribution is -0.123. The highest BCUT2D eigenvalue weighted by atomic mass is 19.1. The smallest absolute Gasteiger partial charge is 0.284 e. The van der Waals surface area contributed by atoms with E-state index in [1.165, 1.54) is 0 Å². The van der Waals surface area contributed by atoms with Gasteiger partial charge in [0.2, 0.25) is 0 Å². The average Bonchev–Trinajstić information content (AvgIpc) is 2.81. The first kappa shape index (κ1) is 22.9. The van der Waals surface area contributed by atoms with Gasteiger partial charge in [0.05, 0.1) is 11.9 Å². The van der Waals surface area contributed by atoms with Gasteiger partial charge in [-0.2, -0.15) is 0 Å². The molecule has 10 heteroatoms. The molecule has 0 spiro atoms. The Morgan fingerprint density at radius 2 is 2.00 bits per heavy atom. The summed E-state index contributed by atoms with van der Waals surface area (Å²) < 4.78 is 20.7. The van der Waals surface area contributed by atoms with Gasteiger partial charge in [-0.15, -0.1) is 0 Å². The van der Waals surface area contributed by atoms with Crippen molar-refractivity contribution >= 4 is 23.2 Å². The summed E-state index contributed by atoms with van der Waals surface area (Å²) in [6, 6.07) is 7.06. The van der Waals surface area contributed by atoms with Crippen molar-refractivity contribution in [2.75, 3.05) is 50.5 Å². The van der Waals surface area contributed by atoms with Gasteiger partial charge in [-0.1, -0.05) is 13.0 Å². The molecule has 4 rings (SSSR count). The number of halogens is 1. The van der Waals surface area contributed by atoms with Crippen molar-refractivity contribution in [2.24, 2.45) is 0 Å². The largest absolute Gasteiger partial charge is 0.478 e. The lowest BCUT2D eigenvalue weighted by Crippen LogP contribution is -2.46. The number of hydrogen-bond acceptors (Lipinski definition) is 7. The van der Waals surface area contributed by atoms with Gasteiger partial charge < -0.3 is 15.0 Å². The first-order chi connectivity index (χ1) is 15.9. The molecule has 176 valence electrons. The van der Waals surface area contributed by atoms with E-state index >= 15 is 4.39 Å². The van der Waals surface area contributed by atoms with Gasteiger partial charge in [-0.05, 0) is 24.6 Å². The summed E-state index contributed by atoms with van der Waals surface area (Å²) in [7, 11) is 3.49. The van der Waals surface area contributed by atoms with E-state index in [-0.39, 0.29) is 17.5 Å². The molecule has 1 saturated heterocycles. The maximum absolute atomic E-state index is 15.1. The third-order valence-electron chi connectivity index (χ3n) is 5.80. The highest BCUT2D eigenvalue weighted by molar-refractivity contribution is 5.98. The fraction of sp³-hybridized carbons (Fsp3) is 0.435. The molecule has 2 amide bonds. The van der Waals surface area contributed by atoms with Crippen LogP contribution < -0.4 is 20.4 Å². The van der Waals surface area contributed by atoms with Crippen LogP contribution in [0.25, 0.3) is 0 Å². The molecule has 0 radical (unpaired) electrons. The lowest BCUT2D eigenvalue weighted by Gasteiger charge is -2.36. The maximum atomic E-state index is 15.1. The summed E-state index contributed by atoms with van der Waals surface area (Å²) in [5, 5.41) is 4.23. The molecule has 1 aromatic heterocycles. The number of rotatable bonds is 6. The number of benzene rings is 1. The second-order valence-electron chi connectivity index (χ2n) is 8.42. The SMILES string of the molecule is CCC1Oc2ccc(CN3CCN(c4ccc(C(=O)NN(C)C)nc4)CC3)c(F)c2NC1=O. The standard InChI is InChI=1S/C23H29FN6O3/c1-4-18-23(32)26-21-19(33-18)8-5-15(20(21)24)14-29-9-11-30(12-10-29)16-6-7-17(25-13-16)22(31)27-28(2)3/h5-8,13,18H,4,9-12,14H2,1-3H3,(H,26,32)(H,27,31). The molecule has 1 atom stereocenters. The first-order valence-corrected chi connectivity index (χ1v) is 11.1. The fourth-order valence-corrected chi connectivity index (χ4v) is 3.99. The Balaban J connectivity index is 1.35. The third-order valence-corrected chi connectivity index (χ3v) is 5.80. The van der Waals surface area contributed by atoms with Crippen LogP contribution in [-0.2, 0) is 11.3 Å². The number of hydrogen-bond donors (Lipinski definition) is 2. The van der Waals surface area contributed by atoms with Crippen LogP contribution in [0.4, 0.5) is 15.8 Å². The van der Waals surface area contributed by atoms with E-state index in [0.717, 1.165) is 31.9 Å². The van der Waals surface area contributed by atoms with Gasteiger partial charge in [0.1, 0.15) is 17.1 Å². The Morgan fingerprint density at radius 1 is 1.24 bits per heavy atom. The number of carbonyl (C=O) groups is 2.